The number of hydrogen-bond donors (Lipinski definition) is 1. The van der Waals surface area contributed by atoms with Gasteiger partial charge in [-0.05, 0) is 19.8 Å². The van der Waals surface area contributed by atoms with Crippen LogP contribution in [0, 0.1) is 0 Å². The lowest BCUT2D eigenvalue weighted by Crippen LogP contribution is -2.17. The molecule has 0 amide bonds. The van der Waals surface area contributed by atoms with Crippen molar-refractivity contribution < 1.29 is 13.9 Å². The van der Waals surface area contributed by atoms with E-state index >= 15 is 0 Å². The van der Waals surface area contributed by atoms with Gasteiger partial charge in [0.15, 0.2) is 0 Å². The Kier molecular flexibility index (Phi) is 7.75. The van der Waals surface area contributed by atoms with Crippen molar-refractivity contribution in [3.05, 3.63) is 0 Å². The zero-order valence-electron chi connectivity index (χ0n) is 7.49. The van der Waals surface area contributed by atoms with Gasteiger partial charge in [-0.25, -0.2) is 0 Å². The van der Waals surface area contributed by atoms with Crippen molar-refractivity contribution in [1.29, 1.82) is 0 Å². The molecule has 1 fully saturated rings. The second-order valence-electron chi connectivity index (χ2n) is 2.84. The second-order valence-corrected chi connectivity index (χ2v) is 4.02. The van der Waals surface area contributed by atoms with Gasteiger partial charge in [-0.1, -0.05) is 30.3 Å². The Morgan fingerprint density at radius 1 is 1.42 bits per heavy atom. The molecule has 0 heterocycles. The molecule has 3 nitrogen and oxygen atoms in total. The van der Waals surface area contributed by atoms with Crippen molar-refractivity contribution in [1.82, 2.24) is 0 Å². The summed E-state index contributed by atoms with van der Waals surface area (Å²) in [4.78, 5) is 0. The Balaban J connectivity index is 0.000000354. The van der Waals surface area contributed by atoms with Gasteiger partial charge in [-0.2, -0.15) is 0 Å². The van der Waals surface area contributed by atoms with Crippen molar-refractivity contribution >= 4 is 11.1 Å². The first kappa shape index (κ1) is 12.1. The normalized spacial score (nSPS) is 20.9. The van der Waals surface area contributed by atoms with Crippen LogP contribution in [0.2, 0.25) is 0 Å². The lowest BCUT2D eigenvalue weighted by Gasteiger charge is -2.23. The number of hydrogen-bond acceptors (Lipinski definition) is 3. The molecule has 1 aliphatic carbocycles. The number of aliphatic hydroxyl groups excluding tert-OH is 1. The Labute approximate surface area is 76.5 Å². The highest BCUT2D eigenvalue weighted by atomic mass is 32.2. The fourth-order valence-corrected chi connectivity index (χ4v) is 1.98. The summed E-state index contributed by atoms with van der Waals surface area (Å²) in [6.07, 6.45) is 5.18. The van der Waals surface area contributed by atoms with Crippen LogP contribution >= 0.6 is 0 Å². The summed E-state index contributed by atoms with van der Waals surface area (Å²) in [5.41, 5.74) is 0. The zero-order valence-corrected chi connectivity index (χ0v) is 8.31. The molecule has 1 atom stereocenters. The predicted molar refractivity (Wildman–Crippen MR) is 48.6 cm³/mol. The van der Waals surface area contributed by atoms with Gasteiger partial charge < -0.3 is 9.66 Å². The summed E-state index contributed by atoms with van der Waals surface area (Å²) in [6.45, 7) is 1.93. The average Bonchev–Trinajstić information content (AvgIpc) is 2.07. The molecule has 1 N–H and O–H groups in total. The van der Waals surface area contributed by atoms with Crippen LogP contribution in [0.5, 0.6) is 0 Å². The van der Waals surface area contributed by atoms with Gasteiger partial charge in [0, 0.05) is 11.9 Å². The van der Waals surface area contributed by atoms with Gasteiger partial charge in [-0.15, -0.1) is 0 Å². The van der Waals surface area contributed by atoms with Gasteiger partial charge in [0.05, 0.1) is 0 Å². The topological polar surface area (TPSA) is 60.4 Å². The third kappa shape index (κ3) is 5.69. The van der Waals surface area contributed by atoms with Gasteiger partial charge in [-0.3, -0.25) is 4.21 Å². The molecule has 1 unspecified atom stereocenters. The number of aliphatic hydroxyl groups is 1. The van der Waals surface area contributed by atoms with Crippen LogP contribution in [-0.4, -0.2) is 25.7 Å². The van der Waals surface area contributed by atoms with Gasteiger partial charge in [0.25, 0.3) is 0 Å². The molecule has 0 saturated heterocycles. The van der Waals surface area contributed by atoms with Crippen molar-refractivity contribution in [2.45, 2.75) is 44.3 Å². The molecule has 74 valence electrons. The first-order valence-electron chi connectivity index (χ1n) is 4.41. The van der Waals surface area contributed by atoms with Crippen LogP contribution in [0.25, 0.3) is 0 Å². The predicted octanol–water partition coefficient (Wildman–Crippen LogP) is 1.20. The van der Waals surface area contributed by atoms with E-state index in [2.05, 4.69) is 0 Å². The highest BCUT2D eigenvalue weighted by molar-refractivity contribution is 7.79. The molecule has 0 bridgehead atoms. The van der Waals surface area contributed by atoms with Crippen molar-refractivity contribution in [2.75, 3.05) is 6.61 Å². The minimum absolute atomic E-state index is 0.0289. The van der Waals surface area contributed by atoms with Crippen molar-refractivity contribution in [3.8, 4) is 0 Å². The standard InChI is InChI=1S/C6H12O2S.C2H6O/c7-9(8)6-4-2-1-3-5-6;1-2-3/h6H,1-5H2,(H,7,8);3H,2H2,1H3/p-1. The van der Waals surface area contributed by atoms with Crippen LogP contribution in [0.1, 0.15) is 39.0 Å². The maximum Gasteiger partial charge on any atom is 0.0402 e. The van der Waals surface area contributed by atoms with E-state index in [0.29, 0.717) is 0 Å². The van der Waals surface area contributed by atoms with Crippen LogP contribution < -0.4 is 0 Å². The molecule has 12 heavy (non-hydrogen) atoms. The molecule has 0 radical (unpaired) electrons. The quantitative estimate of drug-likeness (QED) is 0.636. The first-order chi connectivity index (χ1) is 5.72. The summed E-state index contributed by atoms with van der Waals surface area (Å²) in [5, 5.41) is 7.54. The van der Waals surface area contributed by atoms with E-state index in [1.54, 1.807) is 6.92 Å². The summed E-state index contributed by atoms with van der Waals surface area (Å²) >= 11 is -1.80. The smallest absolute Gasteiger partial charge is 0.0402 e. The fourth-order valence-electron chi connectivity index (χ4n) is 1.26. The third-order valence-electron chi connectivity index (χ3n) is 1.82. The molecule has 0 aromatic carbocycles. The molecule has 0 aromatic rings. The van der Waals surface area contributed by atoms with Crippen LogP contribution in [0.15, 0.2) is 0 Å². The number of rotatable bonds is 1. The van der Waals surface area contributed by atoms with Gasteiger partial charge in [0.2, 0.25) is 0 Å². The van der Waals surface area contributed by atoms with E-state index in [4.69, 9.17) is 5.11 Å². The molecule has 0 aromatic heterocycles. The maximum atomic E-state index is 10.4. The lowest BCUT2D eigenvalue weighted by molar-refractivity contribution is 0.318. The molecule has 0 aliphatic heterocycles. The Hall–Kier alpha value is 0.0700. The largest absolute Gasteiger partial charge is 0.772 e. The van der Waals surface area contributed by atoms with E-state index in [1.807, 2.05) is 0 Å². The molecular weight excluding hydrogens is 176 g/mol. The molecule has 0 spiro atoms. The van der Waals surface area contributed by atoms with E-state index < -0.39 is 11.1 Å². The second kappa shape index (κ2) is 7.71. The third-order valence-corrected chi connectivity index (χ3v) is 2.84. The maximum absolute atomic E-state index is 10.4. The van der Waals surface area contributed by atoms with Crippen molar-refractivity contribution in [2.24, 2.45) is 0 Å². The molecule has 4 heteroatoms. The molecule has 1 aliphatic rings. The van der Waals surface area contributed by atoms with E-state index in [1.165, 1.54) is 6.42 Å². The summed E-state index contributed by atoms with van der Waals surface area (Å²) < 4.78 is 20.7. The van der Waals surface area contributed by atoms with Gasteiger partial charge in [0.1, 0.15) is 0 Å². The summed E-state index contributed by atoms with van der Waals surface area (Å²) in [7, 11) is 0. The highest BCUT2D eigenvalue weighted by Gasteiger charge is 2.12. The van der Waals surface area contributed by atoms with E-state index in [0.717, 1.165) is 25.7 Å². The first-order valence-corrected chi connectivity index (χ1v) is 5.55. The monoisotopic (exact) mass is 193 g/mol. The molecule has 1 saturated carbocycles. The van der Waals surface area contributed by atoms with E-state index in [9.17, 15) is 8.76 Å². The Morgan fingerprint density at radius 2 is 1.83 bits per heavy atom. The lowest BCUT2D eigenvalue weighted by atomic mass is 10.0. The fraction of sp³-hybridized carbons (Fsp3) is 1.00. The summed E-state index contributed by atoms with van der Waals surface area (Å²) in [5.74, 6) is 0. The van der Waals surface area contributed by atoms with Crippen molar-refractivity contribution in [3.63, 3.8) is 0 Å². The molecular formula is C8H17O3S-. The zero-order chi connectivity index (χ0) is 9.40. The highest BCUT2D eigenvalue weighted by Crippen LogP contribution is 2.20. The molecule has 1 rings (SSSR count). The SMILES string of the molecule is CCO.O=S([O-])C1CCCCC1. The Morgan fingerprint density at radius 3 is 2.08 bits per heavy atom. The average molecular weight is 193 g/mol. The minimum Gasteiger partial charge on any atom is -0.772 e. The minimum atomic E-state index is -1.80. The van der Waals surface area contributed by atoms with Gasteiger partial charge >= 0.3 is 0 Å². The van der Waals surface area contributed by atoms with Crippen LogP contribution in [0.3, 0.4) is 0 Å². The Bertz CT molecular complexity index is 121. The van der Waals surface area contributed by atoms with E-state index in [-0.39, 0.29) is 11.9 Å². The van der Waals surface area contributed by atoms with Crippen LogP contribution in [-0.2, 0) is 11.1 Å². The van der Waals surface area contributed by atoms with Crippen LogP contribution in [0.4, 0.5) is 0 Å². The summed E-state index contributed by atoms with van der Waals surface area (Å²) in [6, 6.07) is 0.